The van der Waals surface area contributed by atoms with Gasteiger partial charge in [0.15, 0.2) is 0 Å². The van der Waals surface area contributed by atoms with Crippen LogP contribution in [0.2, 0.25) is 0 Å². The largest absolute Gasteiger partial charge is 0.480 e. The van der Waals surface area contributed by atoms with E-state index in [0.29, 0.717) is 10.9 Å². The highest BCUT2D eigenvalue weighted by Gasteiger charge is 2.34. The van der Waals surface area contributed by atoms with Crippen LogP contribution in [0.4, 0.5) is 0 Å². The summed E-state index contributed by atoms with van der Waals surface area (Å²) in [6, 6.07) is 13.5. The molecule has 2 aromatic carbocycles. The van der Waals surface area contributed by atoms with Crippen LogP contribution in [0.5, 0.6) is 0 Å². The number of aromatic nitrogens is 2. The topological polar surface area (TPSA) is 92.5 Å². The second-order valence-electron chi connectivity index (χ2n) is 6.53. The third-order valence-corrected chi connectivity index (χ3v) is 4.90. The van der Waals surface area contributed by atoms with Gasteiger partial charge in [-0.2, -0.15) is 5.10 Å². The molecule has 0 radical (unpaired) electrons. The van der Waals surface area contributed by atoms with E-state index in [1.807, 2.05) is 24.3 Å². The van der Waals surface area contributed by atoms with Crippen molar-refractivity contribution in [2.75, 3.05) is 0 Å². The summed E-state index contributed by atoms with van der Waals surface area (Å²) < 4.78 is 1.44. The van der Waals surface area contributed by atoms with Crippen molar-refractivity contribution in [1.82, 2.24) is 14.7 Å². The first-order chi connectivity index (χ1) is 13.0. The molecular weight excluding hydrogens is 346 g/mol. The van der Waals surface area contributed by atoms with E-state index >= 15 is 0 Å². The van der Waals surface area contributed by atoms with Crippen LogP contribution in [0.1, 0.15) is 11.1 Å². The van der Waals surface area contributed by atoms with Gasteiger partial charge in [0.2, 0.25) is 11.3 Å². The number of carbonyl (C=O) groups excluding carboxylic acids is 1. The van der Waals surface area contributed by atoms with Crippen molar-refractivity contribution in [1.29, 1.82) is 0 Å². The first-order valence-electron chi connectivity index (χ1n) is 8.58. The number of aliphatic carboxylic acids is 1. The van der Waals surface area contributed by atoms with Crippen LogP contribution in [0.15, 0.2) is 59.5 Å². The summed E-state index contributed by atoms with van der Waals surface area (Å²) in [6.07, 6.45) is 1.45. The number of benzene rings is 2. The first kappa shape index (κ1) is 17.0. The summed E-state index contributed by atoms with van der Waals surface area (Å²) >= 11 is 0. The van der Waals surface area contributed by atoms with Crippen LogP contribution in [0.25, 0.3) is 10.9 Å². The molecule has 1 atom stereocenters. The third-order valence-electron chi connectivity index (χ3n) is 4.90. The Hall–Kier alpha value is -3.48. The number of carboxylic acids is 1. The molecule has 136 valence electrons. The van der Waals surface area contributed by atoms with Crippen LogP contribution in [0, 0.1) is 0 Å². The highest BCUT2D eigenvalue weighted by molar-refractivity contribution is 5.86. The monoisotopic (exact) mass is 363 g/mol. The van der Waals surface area contributed by atoms with Gasteiger partial charge in [0, 0.05) is 18.4 Å². The van der Waals surface area contributed by atoms with E-state index < -0.39 is 12.0 Å². The zero-order valence-corrected chi connectivity index (χ0v) is 14.4. The summed E-state index contributed by atoms with van der Waals surface area (Å²) in [5.74, 6) is -1.38. The number of carbonyl (C=O) groups is 2. The van der Waals surface area contributed by atoms with E-state index in [-0.39, 0.29) is 30.8 Å². The number of nitrogens with zero attached hydrogens (tertiary/aromatic N) is 3. The molecule has 27 heavy (non-hydrogen) atoms. The van der Waals surface area contributed by atoms with Crippen LogP contribution in [-0.2, 0) is 29.1 Å². The number of rotatable bonds is 3. The normalized spacial score (nSPS) is 16.1. The fourth-order valence-corrected chi connectivity index (χ4v) is 3.51. The van der Waals surface area contributed by atoms with E-state index in [1.165, 1.54) is 15.8 Å². The Bertz CT molecular complexity index is 1110. The highest BCUT2D eigenvalue weighted by atomic mass is 16.4. The Morgan fingerprint density at radius 2 is 1.78 bits per heavy atom. The molecule has 1 N–H and O–H groups in total. The molecule has 0 saturated heterocycles. The molecule has 0 fully saturated rings. The van der Waals surface area contributed by atoms with Crippen molar-refractivity contribution >= 4 is 22.8 Å². The van der Waals surface area contributed by atoms with Gasteiger partial charge in [-0.15, -0.1) is 0 Å². The molecule has 1 amide bonds. The van der Waals surface area contributed by atoms with Crippen molar-refractivity contribution in [2.45, 2.75) is 25.6 Å². The number of hydrogen-bond acceptors (Lipinski definition) is 4. The number of hydrogen-bond donors (Lipinski definition) is 1. The molecule has 0 spiro atoms. The van der Waals surface area contributed by atoms with Gasteiger partial charge in [-0.3, -0.25) is 14.3 Å². The van der Waals surface area contributed by atoms with Gasteiger partial charge in [0.1, 0.15) is 12.6 Å². The van der Waals surface area contributed by atoms with Gasteiger partial charge in [-0.25, -0.2) is 4.79 Å². The lowest BCUT2D eigenvalue weighted by Gasteiger charge is -2.34. The minimum absolute atomic E-state index is 0.132. The maximum atomic E-state index is 12.9. The van der Waals surface area contributed by atoms with Crippen molar-refractivity contribution < 1.29 is 14.7 Å². The van der Waals surface area contributed by atoms with Crippen LogP contribution in [0.3, 0.4) is 0 Å². The molecular formula is C20H17N3O4. The minimum Gasteiger partial charge on any atom is -0.480 e. The Balaban J connectivity index is 1.67. The quantitative estimate of drug-likeness (QED) is 0.760. The predicted molar refractivity (Wildman–Crippen MR) is 98.1 cm³/mol. The summed E-state index contributed by atoms with van der Waals surface area (Å²) in [7, 11) is 0. The van der Waals surface area contributed by atoms with Crippen LogP contribution in [-0.4, -0.2) is 37.7 Å². The van der Waals surface area contributed by atoms with Crippen LogP contribution < -0.4 is 5.43 Å². The van der Waals surface area contributed by atoms with Crippen molar-refractivity contribution in [2.24, 2.45) is 0 Å². The second kappa shape index (κ2) is 6.68. The average Bonchev–Trinajstić information content (AvgIpc) is 2.69. The zero-order chi connectivity index (χ0) is 19.0. The van der Waals surface area contributed by atoms with Crippen molar-refractivity contribution in [3.8, 4) is 0 Å². The third kappa shape index (κ3) is 3.08. The van der Waals surface area contributed by atoms with E-state index in [1.54, 1.807) is 24.3 Å². The molecule has 1 aromatic heterocycles. The molecule has 1 aliphatic heterocycles. The lowest BCUT2D eigenvalue weighted by molar-refractivity contribution is -0.151. The number of carboxylic acid groups (broad SMARTS) is 1. The molecule has 0 saturated carbocycles. The highest BCUT2D eigenvalue weighted by Crippen LogP contribution is 2.24. The molecule has 0 aliphatic carbocycles. The van der Waals surface area contributed by atoms with E-state index in [2.05, 4.69) is 5.10 Å². The summed E-state index contributed by atoms with van der Waals surface area (Å²) in [6.45, 7) is 0.108. The lowest BCUT2D eigenvalue weighted by Crippen LogP contribution is -2.49. The van der Waals surface area contributed by atoms with Crippen molar-refractivity contribution in [3.05, 3.63) is 76.1 Å². The minimum atomic E-state index is -1.03. The first-order valence-corrected chi connectivity index (χ1v) is 8.58. The SMILES string of the molecule is O=C(O)[C@H]1Cc2ccccc2CN1C(=O)Cn1ncc(=O)c2ccccc21. The molecule has 4 rings (SSSR count). The van der Waals surface area contributed by atoms with E-state index in [4.69, 9.17) is 0 Å². The van der Waals surface area contributed by atoms with Gasteiger partial charge in [0.05, 0.1) is 11.7 Å². The van der Waals surface area contributed by atoms with Crippen molar-refractivity contribution in [3.63, 3.8) is 0 Å². The smallest absolute Gasteiger partial charge is 0.326 e. The Morgan fingerprint density at radius 1 is 1.07 bits per heavy atom. The molecule has 2 heterocycles. The fourth-order valence-electron chi connectivity index (χ4n) is 3.51. The maximum absolute atomic E-state index is 12.9. The maximum Gasteiger partial charge on any atom is 0.326 e. The number of fused-ring (bicyclic) bond motifs is 2. The van der Waals surface area contributed by atoms with Gasteiger partial charge in [-0.05, 0) is 23.3 Å². The summed E-state index contributed by atoms with van der Waals surface area (Å²) in [4.78, 5) is 38.0. The van der Waals surface area contributed by atoms with Gasteiger partial charge in [0.25, 0.3) is 0 Å². The van der Waals surface area contributed by atoms with Gasteiger partial charge in [-0.1, -0.05) is 36.4 Å². The standard InChI is InChI=1S/C20H17N3O4/c24-18-10-21-23(16-8-4-3-7-15(16)18)12-19(25)22-11-14-6-2-1-5-13(14)9-17(22)20(26)27/h1-8,10,17H,9,11-12H2,(H,26,27)/t17-/m1/s1. The molecule has 7 nitrogen and oxygen atoms in total. The van der Waals surface area contributed by atoms with E-state index in [0.717, 1.165) is 11.1 Å². The molecule has 7 heteroatoms. The Kier molecular flexibility index (Phi) is 4.19. The molecule has 0 unspecified atom stereocenters. The zero-order valence-electron chi connectivity index (χ0n) is 14.4. The number of amides is 1. The Labute approximate surface area is 154 Å². The molecule has 1 aliphatic rings. The lowest BCUT2D eigenvalue weighted by atomic mass is 9.94. The second-order valence-corrected chi connectivity index (χ2v) is 6.53. The summed E-state index contributed by atoms with van der Waals surface area (Å²) in [5, 5.41) is 14.1. The van der Waals surface area contributed by atoms with Gasteiger partial charge < -0.3 is 10.0 Å². The molecule has 3 aromatic rings. The number of para-hydroxylation sites is 1. The predicted octanol–water partition coefficient (Wildman–Crippen LogP) is 1.43. The average molecular weight is 363 g/mol. The molecule has 0 bridgehead atoms. The van der Waals surface area contributed by atoms with E-state index in [9.17, 15) is 19.5 Å². The summed E-state index contributed by atoms with van der Waals surface area (Å²) in [5.41, 5.74) is 2.22. The fraction of sp³-hybridized carbons (Fsp3) is 0.200. The van der Waals surface area contributed by atoms with Gasteiger partial charge >= 0.3 is 5.97 Å². The Morgan fingerprint density at radius 3 is 2.56 bits per heavy atom. The van der Waals surface area contributed by atoms with Crippen LogP contribution >= 0.6 is 0 Å².